The number of benzene rings is 1. The number of aryl methyl sites for hydroxylation is 1. The maximum Gasteiger partial charge on any atom is 0.416 e. The lowest BCUT2D eigenvalue weighted by molar-refractivity contribution is -0.137. The third kappa shape index (κ3) is 5.49. The average molecular weight is 518 g/mol. The molecule has 1 saturated heterocycles. The van der Waals surface area contributed by atoms with E-state index in [2.05, 4.69) is 15.6 Å². The maximum atomic E-state index is 14.7. The highest BCUT2D eigenvalue weighted by Gasteiger charge is 2.44. The van der Waals surface area contributed by atoms with Crippen LogP contribution in [0.25, 0.3) is 11.4 Å². The Bertz CT molecular complexity index is 1230. The smallest absolute Gasteiger partial charge is 0.369 e. The number of likely N-dealkylation sites (N-methyl/N-ethyl adjacent to an activating group) is 1. The van der Waals surface area contributed by atoms with Crippen molar-refractivity contribution in [1.29, 1.82) is 0 Å². The first-order valence-corrected chi connectivity index (χ1v) is 12.2. The largest absolute Gasteiger partial charge is 0.416 e. The molecule has 1 amide bonds. The topological polar surface area (TPSA) is 62.2 Å². The lowest BCUT2D eigenvalue weighted by atomic mass is 9.72. The zero-order valence-corrected chi connectivity index (χ0v) is 21.1. The molecule has 2 N–H and O–H groups in total. The van der Waals surface area contributed by atoms with Gasteiger partial charge in [0.25, 0.3) is 0 Å². The molecule has 3 heterocycles. The van der Waals surface area contributed by atoms with E-state index >= 15 is 0 Å². The van der Waals surface area contributed by atoms with Crippen LogP contribution in [0.4, 0.5) is 23.2 Å². The first-order chi connectivity index (χ1) is 17.5. The van der Waals surface area contributed by atoms with Gasteiger partial charge in [-0.1, -0.05) is 6.07 Å². The minimum Gasteiger partial charge on any atom is -0.369 e. The number of anilines is 1. The predicted octanol–water partition coefficient (Wildman–Crippen LogP) is 4.51. The van der Waals surface area contributed by atoms with E-state index in [4.69, 9.17) is 0 Å². The van der Waals surface area contributed by atoms with Gasteiger partial charge < -0.3 is 20.1 Å². The number of pyridine rings is 1. The number of carbonyl (C=O) groups excluding carboxylic acids is 1. The normalized spacial score (nSPS) is 16.5. The van der Waals surface area contributed by atoms with Crippen LogP contribution in [0.3, 0.4) is 0 Å². The highest BCUT2D eigenvalue weighted by Crippen LogP contribution is 2.39. The van der Waals surface area contributed by atoms with Gasteiger partial charge in [-0.3, -0.25) is 9.78 Å². The van der Waals surface area contributed by atoms with Gasteiger partial charge in [-0.15, -0.1) is 0 Å². The molecule has 0 aliphatic carbocycles. The molecule has 0 spiro atoms. The number of rotatable bonds is 7. The van der Waals surface area contributed by atoms with Crippen molar-refractivity contribution >= 4 is 11.6 Å². The van der Waals surface area contributed by atoms with Crippen LogP contribution < -0.4 is 15.5 Å². The summed E-state index contributed by atoms with van der Waals surface area (Å²) in [7, 11) is 3.74. The van der Waals surface area contributed by atoms with Crippen molar-refractivity contribution < 1.29 is 22.4 Å². The lowest BCUT2D eigenvalue weighted by Gasteiger charge is -2.42. The van der Waals surface area contributed by atoms with Crippen LogP contribution in [0.2, 0.25) is 0 Å². The van der Waals surface area contributed by atoms with E-state index in [-0.39, 0.29) is 17.6 Å². The Morgan fingerprint density at radius 2 is 1.89 bits per heavy atom. The number of carbonyl (C=O) groups is 1. The minimum absolute atomic E-state index is 0.0998. The summed E-state index contributed by atoms with van der Waals surface area (Å²) in [4.78, 5) is 20.0. The van der Waals surface area contributed by atoms with Crippen LogP contribution in [0.1, 0.15) is 30.9 Å². The van der Waals surface area contributed by atoms with Crippen LogP contribution in [0, 0.1) is 5.82 Å². The summed E-state index contributed by atoms with van der Waals surface area (Å²) in [5, 5.41) is 6.13. The second-order valence-electron chi connectivity index (χ2n) is 9.60. The summed E-state index contributed by atoms with van der Waals surface area (Å²) >= 11 is 0. The monoisotopic (exact) mass is 517 g/mol. The number of halogens is 4. The standard InChI is InChI=1S/C27H31F4N5O/c1-18(16-32-2)34-25(37)26(20-6-8-22(33-17-20)24-5-4-12-35(24)3)10-13-36(14-11-26)23-9-7-19(15-21(23)28)27(29,30)31/h4-9,12,15,17-18,32H,10-11,13-14,16H2,1-3H3,(H,34,37). The van der Waals surface area contributed by atoms with E-state index in [1.54, 1.807) is 11.1 Å². The van der Waals surface area contributed by atoms with Crippen molar-refractivity contribution in [3.05, 3.63) is 71.8 Å². The molecule has 37 heavy (non-hydrogen) atoms. The number of amides is 1. The van der Waals surface area contributed by atoms with Gasteiger partial charge in [-0.25, -0.2) is 4.39 Å². The Kier molecular flexibility index (Phi) is 7.59. The molecule has 198 valence electrons. The Morgan fingerprint density at radius 1 is 1.16 bits per heavy atom. The Balaban J connectivity index is 1.61. The molecule has 1 aromatic carbocycles. The molecule has 0 bridgehead atoms. The highest BCUT2D eigenvalue weighted by molar-refractivity contribution is 5.89. The number of nitrogens with zero attached hydrogens (tertiary/aromatic N) is 3. The van der Waals surface area contributed by atoms with Crippen molar-refractivity contribution in [2.75, 3.05) is 31.6 Å². The summed E-state index contributed by atoms with van der Waals surface area (Å²) in [5.74, 6) is -1.07. The fraction of sp³-hybridized carbons (Fsp3) is 0.407. The number of nitrogens with one attached hydrogen (secondary N) is 2. The third-order valence-corrected chi connectivity index (χ3v) is 7.08. The number of hydrogen-bond acceptors (Lipinski definition) is 4. The van der Waals surface area contributed by atoms with Crippen molar-refractivity contribution in [2.24, 2.45) is 7.05 Å². The molecule has 0 saturated carbocycles. The first-order valence-electron chi connectivity index (χ1n) is 12.2. The fourth-order valence-electron chi connectivity index (χ4n) is 4.99. The van der Waals surface area contributed by atoms with Gasteiger partial charge in [0, 0.05) is 45.1 Å². The second-order valence-corrected chi connectivity index (χ2v) is 9.60. The number of alkyl halides is 3. The van der Waals surface area contributed by atoms with Gasteiger partial charge in [0.2, 0.25) is 5.91 Å². The van der Waals surface area contributed by atoms with E-state index < -0.39 is 23.0 Å². The van der Waals surface area contributed by atoms with E-state index in [9.17, 15) is 22.4 Å². The molecule has 10 heteroatoms. The predicted molar refractivity (Wildman–Crippen MR) is 135 cm³/mol. The minimum atomic E-state index is -4.61. The van der Waals surface area contributed by atoms with Gasteiger partial charge in [0.15, 0.2) is 0 Å². The molecule has 2 aromatic heterocycles. The molecule has 1 atom stereocenters. The maximum absolute atomic E-state index is 14.7. The fourth-order valence-corrected chi connectivity index (χ4v) is 4.99. The van der Waals surface area contributed by atoms with E-state index in [0.29, 0.717) is 38.5 Å². The van der Waals surface area contributed by atoms with Crippen molar-refractivity contribution in [1.82, 2.24) is 20.2 Å². The SMILES string of the molecule is CNCC(C)NC(=O)C1(c2ccc(-c3cccn3C)nc2)CCN(c2ccc(C(F)(F)F)cc2F)CC1. The van der Waals surface area contributed by atoms with Gasteiger partial charge in [0.1, 0.15) is 5.82 Å². The Hall–Kier alpha value is -3.40. The van der Waals surface area contributed by atoms with Gasteiger partial charge in [-0.2, -0.15) is 13.2 Å². The Labute approximate surface area is 213 Å². The zero-order valence-electron chi connectivity index (χ0n) is 21.1. The van der Waals surface area contributed by atoms with Crippen LogP contribution >= 0.6 is 0 Å². The summed E-state index contributed by atoms with van der Waals surface area (Å²) in [6.07, 6.45) is -0.247. The van der Waals surface area contributed by atoms with Crippen molar-refractivity contribution in [3.8, 4) is 11.4 Å². The lowest BCUT2D eigenvalue weighted by Crippen LogP contribution is -2.54. The first kappa shape index (κ1) is 26.7. The molecule has 6 nitrogen and oxygen atoms in total. The van der Waals surface area contributed by atoms with Crippen molar-refractivity contribution in [3.63, 3.8) is 0 Å². The molecule has 1 aliphatic rings. The summed E-state index contributed by atoms with van der Waals surface area (Å²) in [5.41, 5.74) is 0.651. The number of hydrogen-bond donors (Lipinski definition) is 2. The van der Waals surface area contributed by atoms with Crippen LogP contribution in [-0.4, -0.2) is 48.2 Å². The van der Waals surface area contributed by atoms with E-state index in [0.717, 1.165) is 29.1 Å². The Morgan fingerprint density at radius 3 is 2.43 bits per heavy atom. The van der Waals surface area contributed by atoms with Crippen LogP contribution in [0.5, 0.6) is 0 Å². The molecule has 0 radical (unpaired) electrons. The van der Waals surface area contributed by atoms with Gasteiger partial charge >= 0.3 is 6.18 Å². The zero-order chi connectivity index (χ0) is 26.8. The summed E-state index contributed by atoms with van der Waals surface area (Å²) in [6.45, 7) is 3.10. The molecular weight excluding hydrogens is 486 g/mol. The summed E-state index contributed by atoms with van der Waals surface area (Å²) in [6, 6.07) is 10.1. The van der Waals surface area contributed by atoms with Gasteiger partial charge in [0.05, 0.1) is 28.1 Å². The highest BCUT2D eigenvalue weighted by atomic mass is 19.4. The van der Waals surface area contributed by atoms with Crippen molar-refractivity contribution in [2.45, 2.75) is 37.4 Å². The summed E-state index contributed by atoms with van der Waals surface area (Å²) < 4.78 is 55.6. The molecule has 1 aliphatic heterocycles. The van der Waals surface area contributed by atoms with Crippen LogP contribution in [-0.2, 0) is 23.4 Å². The molecule has 4 rings (SSSR count). The molecule has 1 fully saturated rings. The molecular formula is C27H31F4N5O. The quantitative estimate of drug-likeness (QED) is 0.453. The molecule has 1 unspecified atom stereocenters. The average Bonchev–Trinajstić information content (AvgIpc) is 3.29. The van der Waals surface area contributed by atoms with Crippen LogP contribution in [0.15, 0.2) is 54.9 Å². The third-order valence-electron chi connectivity index (χ3n) is 7.08. The number of aromatic nitrogens is 2. The number of piperidine rings is 1. The molecule has 3 aromatic rings. The van der Waals surface area contributed by atoms with E-state index in [1.165, 1.54) is 0 Å². The van der Waals surface area contributed by atoms with Gasteiger partial charge in [-0.05, 0) is 68.8 Å². The second kappa shape index (κ2) is 10.5. The van der Waals surface area contributed by atoms with E-state index in [1.807, 2.05) is 56.0 Å².